The Kier molecular flexibility index (Phi) is 5.83. The van der Waals surface area contributed by atoms with Crippen LogP contribution in [0, 0.1) is 0 Å². The molecule has 0 aromatic carbocycles. The largest absolute Gasteiger partial charge is 0.361 e. The third-order valence-electron chi connectivity index (χ3n) is 3.50. The maximum atomic E-state index is 6.29. The van der Waals surface area contributed by atoms with E-state index in [9.17, 15) is 0 Å². The number of halogens is 3. The van der Waals surface area contributed by atoms with Gasteiger partial charge in [0, 0.05) is 32.0 Å². The first-order valence-electron chi connectivity index (χ1n) is 7.25. The van der Waals surface area contributed by atoms with Gasteiger partial charge in [0.25, 0.3) is 0 Å². The zero-order valence-corrected chi connectivity index (χ0v) is 16.6. The van der Waals surface area contributed by atoms with Crippen molar-refractivity contribution in [1.82, 2.24) is 9.55 Å². The lowest BCUT2D eigenvalue weighted by atomic mass is 10.3. The molecule has 0 radical (unpaired) electrons. The Balaban J connectivity index is 2.30. The molecule has 1 atom stereocenters. The highest BCUT2D eigenvalue weighted by Crippen LogP contribution is 2.34. The van der Waals surface area contributed by atoms with Crippen LogP contribution in [0.4, 0.5) is 0 Å². The van der Waals surface area contributed by atoms with Gasteiger partial charge in [-0.05, 0) is 19.0 Å². The fourth-order valence-electron chi connectivity index (χ4n) is 2.22. The van der Waals surface area contributed by atoms with Crippen molar-refractivity contribution in [3.05, 3.63) is 28.1 Å². The molecule has 0 aliphatic heterocycles. The monoisotopic (exact) mass is 378 g/mol. The zero-order valence-electron chi connectivity index (χ0n) is 13.3. The van der Waals surface area contributed by atoms with E-state index in [0.717, 1.165) is 29.2 Å². The Morgan fingerprint density at radius 3 is 2.59 bits per heavy atom. The standard InChI is InChI=1S/C15H21Cl3N2OSi/c1-10(16)13-7-11-12(17)8-19-15(18)14(11)20(13)9-21-5-6-22(2,3)4/h7-8,10H,5-6,9H2,1-4H3. The SMILES string of the molecule is CC(Cl)c1cc2c(Cl)cnc(Cl)c2n1COCC[Si](C)(C)C. The Morgan fingerprint density at radius 2 is 2.00 bits per heavy atom. The van der Waals surface area contributed by atoms with E-state index in [-0.39, 0.29) is 5.38 Å². The summed E-state index contributed by atoms with van der Waals surface area (Å²) in [5.41, 5.74) is 1.71. The quantitative estimate of drug-likeness (QED) is 0.268. The van der Waals surface area contributed by atoms with Crippen molar-refractivity contribution in [3.63, 3.8) is 0 Å². The van der Waals surface area contributed by atoms with E-state index in [2.05, 4.69) is 24.6 Å². The maximum Gasteiger partial charge on any atom is 0.153 e. The highest BCUT2D eigenvalue weighted by Gasteiger charge is 2.18. The van der Waals surface area contributed by atoms with Crippen LogP contribution in [0.5, 0.6) is 0 Å². The van der Waals surface area contributed by atoms with Crippen molar-refractivity contribution >= 4 is 53.8 Å². The zero-order chi connectivity index (χ0) is 16.5. The Morgan fingerprint density at radius 1 is 1.32 bits per heavy atom. The van der Waals surface area contributed by atoms with Crippen molar-refractivity contribution in [2.75, 3.05) is 6.61 Å². The molecule has 2 aromatic rings. The first-order valence-corrected chi connectivity index (χ1v) is 12.2. The van der Waals surface area contributed by atoms with Gasteiger partial charge in [-0.15, -0.1) is 11.6 Å². The average Bonchev–Trinajstić information content (AvgIpc) is 2.79. The molecule has 3 nitrogen and oxygen atoms in total. The van der Waals surface area contributed by atoms with Crippen LogP contribution in [0.3, 0.4) is 0 Å². The molecular formula is C15H21Cl3N2OSi. The molecule has 122 valence electrons. The summed E-state index contributed by atoms with van der Waals surface area (Å²) in [6.07, 6.45) is 1.56. The van der Waals surface area contributed by atoms with E-state index >= 15 is 0 Å². The number of hydrogen-bond donors (Lipinski definition) is 0. The molecule has 0 N–H and O–H groups in total. The fraction of sp³-hybridized carbons (Fsp3) is 0.533. The number of aromatic nitrogens is 2. The van der Waals surface area contributed by atoms with Crippen LogP contribution in [-0.2, 0) is 11.5 Å². The van der Waals surface area contributed by atoms with Gasteiger partial charge in [-0.25, -0.2) is 4.98 Å². The second-order valence-corrected chi connectivity index (χ2v) is 13.7. The summed E-state index contributed by atoms with van der Waals surface area (Å²) in [6.45, 7) is 10.0. The summed E-state index contributed by atoms with van der Waals surface area (Å²) in [5.74, 6) is 0. The van der Waals surface area contributed by atoms with Crippen LogP contribution in [0.2, 0.25) is 35.9 Å². The second-order valence-electron chi connectivity index (χ2n) is 6.62. The minimum Gasteiger partial charge on any atom is -0.361 e. The van der Waals surface area contributed by atoms with Crippen LogP contribution in [0.25, 0.3) is 10.9 Å². The highest BCUT2D eigenvalue weighted by molar-refractivity contribution is 6.76. The van der Waals surface area contributed by atoms with Gasteiger partial charge in [-0.1, -0.05) is 42.8 Å². The summed E-state index contributed by atoms with van der Waals surface area (Å²) in [5, 5.41) is 1.67. The van der Waals surface area contributed by atoms with E-state index in [1.807, 2.05) is 17.6 Å². The number of ether oxygens (including phenoxy) is 1. The normalized spacial score (nSPS) is 13.8. The summed E-state index contributed by atoms with van der Waals surface area (Å²) < 4.78 is 7.83. The van der Waals surface area contributed by atoms with E-state index in [4.69, 9.17) is 39.5 Å². The van der Waals surface area contributed by atoms with Crippen molar-refractivity contribution in [2.24, 2.45) is 0 Å². The summed E-state index contributed by atoms with van der Waals surface area (Å²) in [7, 11) is -1.11. The summed E-state index contributed by atoms with van der Waals surface area (Å²) >= 11 is 18.8. The van der Waals surface area contributed by atoms with Gasteiger partial charge >= 0.3 is 0 Å². The Hall–Kier alpha value is -0.263. The number of pyridine rings is 1. The van der Waals surface area contributed by atoms with E-state index < -0.39 is 8.07 Å². The number of alkyl halides is 1. The molecule has 0 saturated carbocycles. The molecular weight excluding hydrogens is 359 g/mol. The lowest BCUT2D eigenvalue weighted by Gasteiger charge is -2.17. The van der Waals surface area contributed by atoms with Gasteiger partial charge in [0.15, 0.2) is 5.15 Å². The third-order valence-corrected chi connectivity index (χ3v) is 6.00. The van der Waals surface area contributed by atoms with Crippen LogP contribution < -0.4 is 0 Å². The fourth-order valence-corrected chi connectivity index (χ4v) is 3.60. The van der Waals surface area contributed by atoms with Crippen LogP contribution in [0.1, 0.15) is 18.0 Å². The number of rotatable bonds is 6. The lowest BCUT2D eigenvalue weighted by molar-refractivity contribution is 0.0884. The third kappa shape index (κ3) is 4.18. The first-order chi connectivity index (χ1) is 10.2. The van der Waals surface area contributed by atoms with Gasteiger partial charge in [-0.3, -0.25) is 0 Å². The maximum absolute atomic E-state index is 6.29. The molecule has 0 fully saturated rings. The van der Waals surface area contributed by atoms with E-state index in [1.54, 1.807) is 6.20 Å². The minimum absolute atomic E-state index is 0.167. The number of nitrogens with zero attached hydrogens (tertiary/aromatic N) is 2. The van der Waals surface area contributed by atoms with E-state index in [0.29, 0.717) is 16.9 Å². The topological polar surface area (TPSA) is 27.1 Å². The molecule has 0 saturated heterocycles. The molecule has 0 spiro atoms. The van der Waals surface area contributed by atoms with Gasteiger partial charge in [0.1, 0.15) is 6.73 Å². The lowest BCUT2D eigenvalue weighted by Crippen LogP contribution is -2.22. The van der Waals surface area contributed by atoms with Crippen LogP contribution in [0.15, 0.2) is 12.3 Å². The average molecular weight is 380 g/mol. The number of fused-ring (bicyclic) bond motifs is 1. The van der Waals surface area contributed by atoms with Crippen molar-refractivity contribution in [1.29, 1.82) is 0 Å². The molecule has 0 aliphatic rings. The minimum atomic E-state index is -1.11. The predicted molar refractivity (Wildman–Crippen MR) is 98.1 cm³/mol. The van der Waals surface area contributed by atoms with Crippen molar-refractivity contribution in [3.8, 4) is 0 Å². The Labute approximate surface area is 147 Å². The number of hydrogen-bond acceptors (Lipinski definition) is 2. The first kappa shape index (κ1) is 18.1. The van der Waals surface area contributed by atoms with Gasteiger partial charge in [-0.2, -0.15) is 0 Å². The van der Waals surface area contributed by atoms with Gasteiger partial charge in [0.05, 0.1) is 15.9 Å². The molecule has 2 heterocycles. The molecule has 1 unspecified atom stereocenters. The highest BCUT2D eigenvalue weighted by atomic mass is 35.5. The molecule has 7 heteroatoms. The van der Waals surface area contributed by atoms with Crippen molar-refractivity contribution in [2.45, 2.75) is 44.7 Å². The molecule has 0 amide bonds. The Bertz CT molecular complexity index is 665. The van der Waals surface area contributed by atoms with Crippen molar-refractivity contribution < 1.29 is 4.74 Å². The van der Waals surface area contributed by atoms with Gasteiger partial charge < -0.3 is 9.30 Å². The van der Waals surface area contributed by atoms with E-state index in [1.165, 1.54) is 0 Å². The molecule has 0 bridgehead atoms. The molecule has 22 heavy (non-hydrogen) atoms. The summed E-state index contributed by atoms with van der Waals surface area (Å²) in [4.78, 5) is 4.13. The van der Waals surface area contributed by atoms with Crippen LogP contribution in [-0.4, -0.2) is 24.2 Å². The second kappa shape index (κ2) is 7.10. The summed E-state index contributed by atoms with van der Waals surface area (Å²) in [6, 6.07) is 3.08. The predicted octanol–water partition coefficient (Wildman–Crippen LogP) is 5.96. The van der Waals surface area contributed by atoms with Crippen LogP contribution >= 0.6 is 34.8 Å². The van der Waals surface area contributed by atoms with Gasteiger partial charge in [0.2, 0.25) is 0 Å². The molecule has 2 rings (SSSR count). The smallest absolute Gasteiger partial charge is 0.153 e. The molecule has 0 aliphatic carbocycles. The molecule has 2 aromatic heterocycles.